The highest BCUT2D eigenvalue weighted by molar-refractivity contribution is 7.99. The van der Waals surface area contributed by atoms with Crippen LogP contribution in [-0.4, -0.2) is 34.0 Å². The number of hydrogen-bond donors (Lipinski definition) is 3. The zero-order valence-electron chi connectivity index (χ0n) is 13.7. The minimum Gasteiger partial charge on any atom is -0.353 e. The van der Waals surface area contributed by atoms with Gasteiger partial charge in [-0.2, -0.15) is 0 Å². The lowest BCUT2D eigenvalue weighted by atomic mass is 10.2. The van der Waals surface area contributed by atoms with Crippen molar-refractivity contribution in [3.8, 4) is 0 Å². The number of carbonyl (C=O) groups excluding carboxylic acids is 1. The van der Waals surface area contributed by atoms with Crippen LogP contribution in [0.5, 0.6) is 0 Å². The molecule has 1 aliphatic heterocycles. The molecule has 0 radical (unpaired) electrons. The van der Waals surface area contributed by atoms with Crippen molar-refractivity contribution in [1.29, 1.82) is 0 Å². The number of anilines is 1. The molecule has 0 saturated carbocycles. The molecular weight excluding hydrogens is 322 g/mol. The Morgan fingerprint density at radius 3 is 2.62 bits per heavy atom. The molecule has 1 fully saturated rings. The second kappa shape index (κ2) is 7.63. The zero-order chi connectivity index (χ0) is 16.9. The molecule has 3 N–H and O–H groups in total. The number of nitrogens with one attached hydrogen (secondary N) is 3. The summed E-state index contributed by atoms with van der Waals surface area (Å²) in [4.78, 5) is 20.8. The first-order chi connectivity index (χ1) is 11.6. The smallest absolute Gasteiger partial charge is 0.224 e. The second-order valence-electron chi connectivity index (χ2n) is 5.82. The minimum absolute atomic E-state index is 0.0362. The highest BCUT2D eigenvalue weighted by atomic mass is 32.2. The summed E-state index contributed by atoms with van der Waals surface area (Å²) in [6.45, 7) is 3.93. The number of aromatic nitrogens is 2. The molecule has 1 aromatic carbocycles. The molecule has 3 rings (SSSR count). The van der Waals surface area contributed by atoms with Gasteiger partial charge in [0.15, 0.2) is 11.4 Å². The maximum atomic E-state index is 12.0. The van der Waals surface area contributed by atoms with Gasteiger partial charge >= 0.3 is 0 Å². The summed E-state index contributed by atoms with van der Waals surface area (Å²) in [5, 5.41) is 10.4. The number of hydrogen-bond acceptors (Lipinski definition) is 6. The molecule has 1 aliphatic rings. The summed E-state index contributed by atoms with van der Waals surface area (Å²) in [5.74, 6) is 0.776. The van der Waals surface area contributed by atoms with Gasteiger partial charge in [-0.3, -0.25) is 10.1 Å². The summed E-state index contributed by atoms with van der Waals surface area (Å²) < 4.78 is 0. The predicted molar refractivity (Wildman–Crippen MR) is 95.8 cm³/mol. The van der Waals surface area contributed by atoms with Crippen LogP contribution in [0, 0.1) is 13.8 Å². The van der Waals surface area contributed by atoms with E-state index in [1.165, 1.54) is 0 Å². The van der Waals surface area contributed by atoms with Crippen LogP contribution in [0.15, 0.2) is 41.6 Å². The number of aryl methyl sites for hydroxylation is 2. The second-order valence-corrected chi connectivity index (χ2v) is 6.81. The number of para-hydroxylation sites is 1. The van der Waals surface area contributed by atoms with Crippen LogP contribution in [0.3, 0.4) is 0 Å². The number of rotatable bonds is 5. The molecule has 7 heteroatoms. The highest BCUT2D eigenvalue weighted by Gasteiger charge is 2.25. The van der Waals surface area contributed by atoms with Crippen LogP contribution < -0.4 is 16.0 Å². The van der Waals surface area contributed by atoms with Crippen molar-refractivity contribution in [2.45, 2.75) is 37.8 Å². The molecule has 1 amide bonds. The van der Waals surface area contributed by atoms with E-state index in [9.17, 15) is 4.79 Å². The summed E-state index contributed by atoms with van der Waals surface area (Å²) in [5.41, 5.74) is 2.88. The van der Waals surface area contributed by atoms with Gasteiger partial charge in [0.05, 0.1) is 0 Å². The lowest BCUT2D eigenvalue weighted by Gasteiger charge is -2.32. The zero-order valence-corrected chi connectivity index (χ0v) is 14.6. The average Bonchev–Trinajstić information content (AvgIpc) is 2.52. The van der Waals surface area contributed by atoms with Crippen molar-refractivity contribution in [3.63, 3.8) is 0 Å². The van der Waals surface area contributed by atoms with E-state index in [1.807, 2.05) is 50.2 Å². The van der Waals surface area contributed by atoms with Crippen LogP contribution in [0.4, 0.5) is 5.69 Å². The standard InChI is InChI=1S/C17H21N5OS/c1-11-8-12(2)19-17(18-11)24-10-14-9-15(23)22-16(21-14)20-13-6-4-3-5-7-13/h3-8,14,16,20-21H,9-10H2,1-2H3,(H,22,23). The van der Waals surface area contributed by atoms with Gasteiger partial charge in [-0.1, -0.05) is 30.0 Å². The number of thioether (sulfide) groups is 1. The van der Waals surface area contributed by atoms with Gasteiger partial charge in [-0.05, 0) is 32.0 Å². The van der Waals surface area contributed by atoms with Gasteiger partial charge < -0.3 is 10.6 Å². The lowest BCUT2D eigenvalue weighted by Crippen LogP contribution is -2.60. The van der Waals surface area contributed by atoms with Crippen molar-refractivity contribution < 1.29 is 4.79 Å². The van der Waals surface area contributed by atoms with Crippen LogP contribution in [-0.2, 0) is 4.79 Å². The Bertz CT molecular complexity index is 689. The SMILES string of the molecule is Cc1cc(C)nc(SCC2CC(=O)NC(Nc3ccccc3)N2)n1. The van der Waals surface area contributed by atoms with Gasteiger partial charge in [0.1, 0.15) is 0 Å². The molecule has 24 heavy (non-hydrogen) atoms. The van der Waals surface area contributed by atoms with E-state index in [-0.39, 0.29) is 18.2 Å². The quantitative estimate of drug-likeness (QED) is 0.570. The fourth-order valence-electron chi connectivity index (χ4n) is 2.60. The first-order valence-corrected chi connectivity index (χ1v) is 8.89. The van der Waals surface area contributed by atoms with Crippen molar-refractivity contribution in [3.05, 3.63) is 47.8 Å². The van der Waals surface area contributed by atoms with E-state index in [2.05, 4.69) is 25.9 Å². The van der Waals surface area contributed by atoms with E-state index in [0.29, 0.717) is 6.42 Å². The molecule has 0 spiro atoms. The van der Waals surface area contributed by atoms with Gasteiger partial charge in [-0.15, -0.1) is 0 Å². The van der Waals surface area contributed by atoms with Crippen molar-refractivity contribution in [1.82, 2.24) is 20.6 Å². The summed E-state index contributed by atoms with van der Waals surface area (Å²) >= 11 is 1.57. The number of nitrogens with zero attached hydrogens (tertiary/aromatic N) is 2. The van der Waals surface area contributed by atoms with Crippen LogP contribution >= 0.6 is 11.8 Å². The van der Waals surface area contributed by atoms with Gasteiger partial charge in [0.25, 0.3) is 0 Å². The highest BCUT2D eigenvalue weighted by Crippen LogP contribution is 2.18. The van der Waals surface area contributed by atoms with Gasteiger partial charge in [-0.25, -0.2) is 9.97 Å². The predicted octanol–water partition coefficient (Wildman–Crippen LogP) is 2.06. The van der Waals surface area contributed by atoms with E-state index in [4.69, 9.17) is 0 Å². The van der Waals surface area contributed by atoms with Crippen molar-refractivity contribution in [2.24, 2.45) is 0 Å². The molecule has 2 aromatic rings. The fourth-order valence-corrected chi connectivity index (χ4v) is 3.58. The molecule has 2 atom stereocenters. The molecule has 2 unspecified atom stereocenters. The Labute approximate surface area is 145 Å². The van der Waals surface area contributed by atoms with Crippen LogP contribution in [0.1, 0.15) is 17.8 Å². The first kappa shape index (κ1) is 16.7. The molecule has 0 aliphatic carbocycles. The van der Waals surface area contributed by atoms with Gasteiger partial charge in [0.2, 0.25) is 5.91 Å². The lowest BCUT2D eigenvalue weighted by molar-refractivity contribution is -0.123. The summed E-state index contributed by atoms with van der Waals surface area (Å²) in [6.07, 6.45) is 0.171. The molecule has 1 saturated heterocycles. The molecule has 0 bridgehead atoms. The molecule has 126 valence electrons. The third-order valence-corrected chi connectivity index (χ3v) is 4.61. The van der Waals surface area contributed by atoms with Crippen molar-refractivity contribution in [2.75, 3.05) is 11.1 Å². The van der Waals surface area contributed by atoms with Crippen molar-refractivity contribution >= 4 is 23.4 Å². The Kier molecular flexibility index (Phi) is 5.32. The molecule has 6 nitrogen and oxygen atoms in total. The molecule has 1 aromatic heterocycles. The monoisotopic (exact) mass is 343 g/mol. The minimum atomic E-state index is -0.278. The van der Waals surface area contributed by atoms with E-state index in [0.717, 1.165) is 28.0 Å². The molecular formula is C17H21N5OS. The number of amides is 1. The summed E-state index contributed by atoms with van der Waals surface area (Å²) in [6, 6.07) is 11.8. The third-order valence-electron chi connectivity index (χ3n) is 3.60. The molecule has 2 heterocycles. The topological polar surface area (TPSA) is 78.9 Å². The fraction of sp³-hybridized carbons (Fsp3) is 0.353. The maximum Gasteiger partial charge on any atom is 0.224 e. The van der Waals surface area contributed by atoms with Crippen LogP contribution in [0.25, 0.3) is 0 Å². The number of carbonyl (C=O) groups is 1. The Hall–Kier alpha value is -2.12. The largest absolute Gasteiger partial charge is 0.353 e. The normalized spacial score (nSPS) is 20.5. The summed E-state index contributed by atoms with van der Waals surface area (Å²) in [7, 11) is 0. The first-order valence-electron chi connectivity index (χ1n) is 7.90. The van der Waals surface area contributed by atoms with E-state index in [1.54, 1.807) is 11.8 Å². The Morgan fingerprint density at radius 1 is 1.21 bits per heavy atom. The van der Waals surface area contributed by atoms with Gasteiger partial charge in [0, 0.05) is 35.3 Å². The van der Waals surface area contributed by atoms with E-state index < -0.39 is 0 Å². The Morgan fingerprint density at radius 2 is 1.92 bits per heavy atom. The van der Waals surface area contributed by atoms with Crippen LogP contribution in [0.2, 0.25) is 0 Å². The third kappa shape index (κ3) is 4.69. The van der Waals surface area contributed by atoms with E-state index >= 15 is 0 Å². The maximum absolute atomic E-state index is 12.0. The average molecular weight is 343 g/mol. The Balaban J connectivity index is 1.58. The number of benzene rings is 1.